The Labute approximate surface area is 255 Å². The summed E-state index contributed by atoms with van der Waals surface area (Å²) in [5.41, 5.74) is 4.62. The summed E-state index contributed by atoms with van der Waals surface area (Å²) in [5, 5.41) is 3.49. The molecule has 1 aromatic heterocycles. The maximum Gasteiger partial charge on any atom is 0.251 e. The van der Waals surface area contributed by atoms with Gasteiger partial charge in [-0.2, -0.15) is 0 Å². The van der Waals surface area contributed by atoms with Crippen LogP contribution in [0.1, 0.15) is 28.6 Å². The summed E-state index contributed by atoms with van der Waals surface area (Å²) in [4.78, 5) is 40.6. The third-order valence-corrected chi connectivity index (χ3v) is 7.89. The van der Waals surface area contributed by atoms with Gasteiger partial charge in [0.2, 0.25) is 5.91 Å². The molecule has 5 rings (SSSR count). The average Bonchev–Trinajstić information content (AvgIpc) is 3.01. The number of hydrogen-bond donors (Lipinski definition) is 1. The van der Waals surface area contributed by atoms with Crippen LogP contribution >= 0.6 is 11.8 Å². The van der Waals surface area contributed by atoms with E-state index in [1.165, 1.54) is 28.8 Å². The molecule has 0 bridgehead atoms. The zero-order chi connectivity index (χ0) is 30.2. The highest BCUT2D eigenvalue weighted by atomic mass is 32.2. The number of aromatic nitrogens is 2. The third kappa shape index (κ3) is 8.18. The van der Waals surface area contributed by atoms with Crippen molar-refractivity contribution in [2.45, 2.75) is 31.6 Å². The highest BCUT2D eigenvalue weighted by Crippen LogP contribution is 2.28. The van der Waals surface area contributed by atoms with Gasteiger partial charge >= 0.3 is 0 Å². The first kappa shape index (κ1) is 30.2. The Bertz CT molecular complexity index is 1510. The fourth-order valence-electron chi connectivity index (χ4n) is 4.98. The smallest absolute Gasteiger partial charge is 0.251 e. The number of nitrogens with one attached hydrogen (secondary N) is 1. The Balaban J connectivity index is 1.43. The molecular formula is C33H34FN5O3S. The van der Waals surface area contributed by atoms with Crippen molar-refractivity contribution in [2.24, 2.45) is 0 Å². The molecule has 10 heteroatoms. The molecule has 1 atom stereocenters. The van der Waals surface area contributed by atoms with Crippen LogP contribution in [0.3, 0.4) is 0 Å². The van der Waals surface area contributed by atoms with Gasteiger partial charge in [0.05, 0.1) is 19.0 Å². The van der Waals surface area contributed by atoms with Crippen LogP contribution in [-0.2, 0) is 20.9 Å². The molecule has 0 aliphatic carbocycles. The van der Waals surface area contributed by atoms with Gasteiger partial charge in [0.1, 0.15) is 11.9 Å². The van der Waals surface area contributed by atoms with E-state index in [9.17, 15) is 14.0 Å². The fourth-order valence-corrected chi connectivity index (χ4v) is 5.81. The minimum Gasteiger partial charge on any atom is -0.378 e. The minimum atomic E-state index is -1.02. The predicted octanol–water partition coefficient (Wildman–Crippen LogP) is 5.57. The number of nitrogens with zero attached hydrogens (tertiary/aromatic N) is 4. The number of carbonyl (C=O) groups is 2. The number of aryl methyl sites for hydroxylation is 2. The second-order valence-corrected chi connectivity index (χ2v) is 11.3. The molecule has 2 amide bonds. The lowest BCUT2D eigenvalue weighted by Gasteiger charge is -2.32. The lowest BCUT2D eigenvalue weighted by Crippen LogP contribution is -2.41. The number of hydrogen-bond acceptors (Lipinski definition) is 7. The number of rotatable bonds is 10. The Morgan fingerprint density at radius 2 is 1.60 bits per heavy atom. The summed E-state index contributed by atoms with van der Waals surface area (Å²) in [6.45, 7) is 6.91. The van der Waals surface area contributed by atoms with E-state index in [2.05, 4.69) is 20.2 Å². The van der Waals surface area contributed by atoms with E-state index in [-0.39, 0.29) is 18.2 Å². The summed E-state index contributed by atoms with van der Waals surface area (Å²) < 4.78 is 19.4. The van der Waals surface area contributed by atoms with E-state index < -0.39 is 17.8 Å². The number of thioether (sulfide) groups is 1. The van der Waals surface area contributed by atoms with Gasteiger partial charge in [-0.1, -0.05) is 54.2 Å². The molecule has 4 aromatic rings. The van der Waals surface area contributed by atoms with Gasteiger partial charge in [-0.25, -0.2) is 14.4 Å². The van der Waals surface area contributed by atoms with Crippen LogP contribution < -0.4 is 10.2 Å². The van der Waals surface area contributed by atoms with E-state index in [1.807, 2.05) is 74.5 Å². The molecule has 0 spiro atoms. The zero-order valence-corrected chi connectivity index (χ0v) is 25.0. The van der Waals surface area contributed by atoms with Crippen LogP contribution in [0.4, 0.5) is 15.8 Å². The molecule has 0 saturated carbocycles. The maximum atomic E-state index is 14.0. The molecule has 1 saturated heterocycles. The van der Waals surface area contributed by atoms with Crippen molar-refractivity contribution < 1.29 is 18.7 Å². The average molecular weight is 600 g/mol. The lowest BCUT2D eigenvalue weighted by atomic mass is 10.0. The first-order valence-corrected chi connectivity index (χ1v) is 15.1. The van der Waals surface area contributed by atoms with Crippen LogP contribution in [0.25, 0.3) is 0 Å². The van der Waals surface area contributed by atoms with Crippen LogP contribution in [0.2, 0.25) is 0 Å². The summed E-state index contributed by atoms with van der Waals surface area (Å²) in [7, 11) is 0. The van der Waals surface area contributed by atoms with Gasteiger partial charge in [0, 0.05) is 42.4 Å². The summed E-state index contributed by atoms with van der Waals surface area (Å²) >= 11 is 1.22. The molecule has 8 nitrogen and oxygen atoms in total. The fraction of sp³-hybridized carbons (Fsp3) is 0.273. The lowest BCUT2D eigenvalue weighted by molar-refractivity contribution is -0.137. The van der Waals surface area contributed by atoms with Gasteiger partial charge in [-0.3, -0.25) is 9.59 Å². The van der Waals surface area contributed by atoms with Crippen molar-refractivity contribution in [3.8, 4) is 0 Å². The molecule has 1 aliphatic rings. The summed E-state index contributed by atoms with van der Waals surface area (Å²) in [6, 6.07) is 23.7. The standard InChI is InChI=1S/C33H34FN5O3S/c1-23-20-24(2)36-33(35-23)43-22-30(40)39(21-25-6-4-3-5-7-25)31(26-8-10-27(34)11-9-26)32(41)37-28-12-14-29(15-13-28)38-16-18-42-19-17-38/h3-15,20,31H,16-19,21-22H2,1-2H3,(H,37,41). The van der Waals surface area contributed by atoms with Gasteiger partial charge in [-0.05, 0) is 67.4 Å². The van der Waals surface area contributed by atoms with Crippen LogP contribution in [0.5, 0.6) is 0 Å². The minimum absolute atomic E-state index is 0.0228. The molecule has 43 heavy (non-hydrogen) atoms. The van der Waals surface area contributed by atoms with Crippen LogP contribution in [0, 0.1) is 19.7 Å². The second kappa shape index (κ2) is 14.3. The van der Waals surface area contributed by atoms with Crippen molar-refractivity contribution >= 4 is 35.0 Å². The van der Waals surface area contributed by atoms with Crippen LogP contribution in [0.15, 0.2) is 90.1 Å². The Morgan fingerprint density at radius 1 is 0.953 bits per heavy atom. The molecule has 1 unspecified atom stereocenters. The SMILES string of the molecule is Cc1cc(C)nc(SCC(=O)N(Cc2ccccc2)C(C(=O)Nc2ccc(N3CCOCC3)cc2)c2ccc(F)cc2)n1. The largest absolute Gasteiger partial charge is 0.378 e. The number of amides is 2. The van der Waals surface area contributed by atoms with Crippen molar-refractivity contribution in [2.75, 3.05) is 42.3 Å². The highest BCUT2D eigenvalue weighted by molar-refractivity contribution is 7.99. The Morgan fingerprint density at radius 3 is 2.26 bits per heavy atom. The number of ether oxygens (including phenoxy) is 1. The first-order chi connectivity index (χ1) is 20.9. The molecule has 222 valence electrons. The van der Waals surface area contributed by atoms with Crippen molar-refractivity contribution in [3.63, 3.8) is 0 Å². The predicted molar refractivity (Wildman–Crippen MR) is 166 cm³/mol. The van der Waals surface area contributed by atoms with Gasteiger partial charge in [0.15, 0.2) is 5.16 Å². The molecule has 1 fully saturated rings. The number of benzene rings is 3. The van der Waals surface area contributed by atoms with Crippen molar-refractivity contribution in [3.05, 3.63) is 113 Å². The van der Waals surface area contributed by atoms with Gasteiger partial charge in [0.25, 0.3) is 5.91 Å². The Kier molecular flexibility index (Phi) is 10.0. The number of morpholine rings is 1. The van der Waals surface area contributed by atoms with Gasteiger partial charge in [-0.15, -0.1) is 0 Å². The monoisotopic (exact) mass is 599 g/mol. The summed E-state index contributed by atoms with van der Waals surface area (Å²) in [5.74, 6) is -1.08. The quantitative estimate of drug-likeness (QED) is 0.188. The maximum absolute atomic E-state index is 14.0. The van der Waals surface area contributed by atoms with Crippen molar-refractivity contribution in [1.29, 1.82) is 0 Å². The molecule has 1 aliphatic heterocycles. The zero-order valence-electron chi connectivity index (χ0n) is 24.2. The number of halogens is 1. The molecule has 0 radical (unpaired) electrons. The highest BCUT2D eigenvalue weighted by Gasteiger charge is 2.32. The first-order valence-electron chi connectivity index (χ1n) is 14.1. The molecule has 2 heterocycles. The molecular weight excluding hydrogens is 565 g/mol. The Hall–Kier alpha value is -4.28. The van der Waals surface area contributed by atoms with Crippen LogP contribution in [-0.4, -0.2) is 58.7 Å². The number of anilines is 2. The number of carbonyl (C=O) groups excluding carboxylic acids is 2. The normalized spacial score (nSPS) is 13.8. The molecule has 3 aromatic carbocycles. The topological polar surface area (TPSA) is 87.7 Å². The van der Waals surface area contributed by atoms with E-state index in [1.54, 1.807) is 12.1 Å². The summed E-state index contributed by atoms with van der Waals surface area (Å²) in [6.07, 6.45) is 0. The van der Waals surface area contributed by atoms with E-state index >= 15 is 0 Å². The third-order valence-electron chi connectivity index (χ3n) is 7.06. The van der Waals surface area contributed by atoms with Crippen molar-refractivity contribution in [1.82, 2.24) is 14.9 Å². The van der Waals surface area contributed by atoms with E-state index in [0.29, 0.717) is 29.6 Å². The van der Waals surface area contributed by atoms with Gasteiger partial charge < -0.3 is 19.9 Å². The van der Waals surface area contributed by atoms with E-state index in [4.69, 9.17) is 4.74 Å². The van der Waals surface area contributed by atoms with E-state index in [0.717, 1.165) is 35.7 Å². The molecule has 1 N–H and O–H groups in total. The second-order valence-electron chi connectivity index (χ2n) is 10.3.